The van der Waals surface area contributed by atoms with Crippen molar-refractivity contribution in [3.05, 3.63) is 52.0 Å². The lowest BCUT2D eigenvalue weighted by atomic mass is 9.94. The Hall–Kier alpha value is -3.46. The lowest BCUT2D eigenvalue weighted by Gasteiger charge is -2.28. The lowest BCUT2D eigenvalue weighted by Crippen LogP contribution is -2.40. The number of phenolic OH excluding ortho intramolecular Hbond substituents is 1. The Kier molecular flexibility index (Phi) is 7.26. The van der Waals surface area contributed by atoms with Gasteiger partial charge in [0.1, 0.15) is 22.3 Å². The molecular weight excluding hydrogens is 450 g/mol. The lowest BCUT2D eigenvalue weighted by molar-refractivity contribution is -0.125. The summed E-state index contributed by atoms with van der Waals surface area (Å²) < 4.78 is 0. The first-order valence-corrected chi connectivity index (χ1v) is 11.9. The number of amides is 2. The molecule has 3 aromatic rings. The van der Waals surface area contributed by atoms with Crippen LogP contribution < -0.4 is 15.5 Å². The van der Waals surface area contributed by atoms with Crippen LogP contribution in [0.5, 0.6) is 5.75 Å². The van der Waals surface area contributed by atoms with Gasteiger partial charge in [-0.25, -0.2) is 9.97 Å². The minimum Gasteiger partial charge on any atom is -0.508 e. The van der Waals surface area contributed by atoms with Crippen molar-refractivity contribution >= 4 is 45.6 Å². The minimum atomic E-state index is -0.528. The van der Waals surface area contributed by atoms with E-state index in [9.17, 15) is 14.7 Å². The molecule has 0 aliphatic carbocycles. The number of carbonyl (C=O) groups is 2. The number of aromatic hydroxyl groups is 1. The fourth-order valence-electron chi connectivity index (χ4n) is 3.35. The summed E-state index contributed by atoms with van der Waals surface area (Å²) in [7, 11) is 0. The van der Waals surface area contributed by atoms with Crippen LogP contribution in [0.1, 0.15) is 54.1 Å². The molecule has 2 amide bonds. The van der Waals surface area contributed by atoms with Crippen LogP contribution in [-0.2, 0) is 4.79 Å². The highest BCUT2D eigenvalue weighted by atomic mass is 32.1. The van der Waals surface area contributed by atoms with Gasteiger partial charge in [0.15, 0.2) is 5.13 Å². The number of pyridine rings is 1. The normalized spacial score (nSPS) is 11.3. The molecule has 0 saturated heterocycles. The molecule has 0 fully saturated rings. The van der Waals surface area contributed by atoms with E-state index in [-0.39, 0.29) is 17.6 Å². The number of rotatable bonds is 6. The molecule has 0 spiro atoms. The third kappa shape index (κ3) is 5.36. The summed E-state index contributed by atoms with van der Waals surface area (Å²) >= 11 is 1.19. The zero-order valence-corrected chi connectivity index (χ0v) is 21.4. The standard InChI is InChI=1S/C25H31N5O3S/c1-8-30(23(33)25(5,6)7)19-12-10-15(3)21(27-19)29-24-26-13-18(34-24)22(32)28-20-14(2)9-11-17(31)16(20)4/h9-13,31H,8H2,1-7H3,(H,28,32)(H,26,27,29). The summed E-state index contributed by atoms with van der Waals surface area (Å²) in [5.41, 5.74) is 2.41. The zero-order valence-electron chi connectivity index (χ0n) is 20.6. The molecule has 0 aliphatic heterocycles. The Morgan fingerprint density at radius 1 is 1.09 bits per heavy atom. The first-order chi connectivity index (χ1) is 15.9. The summed E-state index contributed by atoms with van der Waals surface area (Å²) in [6, 6.07) is 7.09. The van der Waals surface area contributed by atoms with Crippen LogP contribution >= 0.6 is 11.3 Å². The molecule has 3 N–H and O–H groups in total. The van der Waals surface area contributed by atoms with Crippen molar-refractivity contribution < 1.29 is 14.7 Å². The highest BCUT2D eigenvalue weighted by molar-refractivity contribution is 7.17. The van der Waals surface area contributed by atoms with E-state index in [1.165, 1.54) is 17.5 Å². The van der Waals surface area contributed by atoms with Crippen LogP contribution in [0.4, 0.5) is 22.5 Å². The minimum absolute atomic E-state index is 0.0111. The zero-order chi connectivity index (χ0) is 25.2. The van der Waals surface area contributed by atoms with Crippen molar-refractivity contribution in [2.75, 3.05) is 22.1 Å². The van der Waals surface area contributed by atoms with Gasteiger partial charge in [-0.2, -0.15) is 0 Å². The van der Waals surface area contributed by atoms with Crippen molar-refractivity contribution in [3.8, 4) is 5.75 Å². The molecule has 3 rings (SSSR count). The predicted molar refractivity (Wildman–Crippen MR) is 137 cm³/mol. The average molecular weight is 482 g/mol. The maximum atomic E-state index is 12.8. The van der Waals surface area contributed by atoms with Crippen LogP contribution in [0.15, 0.2) is 30.5 Å². The van der Waals surface area contributed by atoms with E-state index in [0.29, 0.717) is 39.4 Å². The number of hydrogen-bond donors (Lipinski definition) is 3. The van der Waals surface area contributed by atoms with Crippen molar-refractivity contribution in [3.63, 3.8) is 0 Å². The van der Waals surface area contributed by atoms with E-state index in [2.05, 4.69) is 20.6 Å². The fourth-order valence-corrected chi connectivity index (χ4v) is 4.06. The average Bonchev–Trinajstić information content (AvgIpc) is 3.24. The molecule has 0 radical (unpaired) electrons. The summed E-state index contributed by atoms with van der Waals surface area (Å²) in [4.78, 5) is 36.7. The van der Waals surface area contributed by atoms with Crippen molar-refractivity contribution in [2.24, 2.45) is 5.41 Å². The molecule has 2 heterocycles. The Morgan fingerprint density at radius 3 is 2.41 bits per heavy atom. The van der Waals surface area contributed by atoms with E-state index in [0.717, 1.165) is 11.1 Å². The monoisotopic (exact) mass is 481 g/mol. The Balaban J connectivity index is 1.81. The van der Waals surface area contributed by atoms with Gasteiger partial charge in [0.2, 0.25) is 5.91 Å². The molecule has 0 unspecified atom stereocenters. The van der Waals surface area contributed by atoms with Gasteiger partial charge < -0.3 is 15.7 Å². The van der Waals surface area contributed by atoms with E-state index in [4.69, 9.17) is 0 Å². The molecule has 0 bridgehead atoms. The van der Waals surface area contributed by atoms with Crippen LogP contribution in [0.2, 0.25) is 0 Å². The summed E-state index contributed by atoms with van der Waals surface area (Å²) in [5, 5.41) is 16.5. The van der Waals surface area contributed by atoms with Gasteiger partial charge >= 0.3 is 0 Å². The summed E-state index contributed by atoms with van der Waals surface area (Å²) in [6.45, 7) is 13.6. The molecule has 180 valence electrons. The number of nitrogens with one attached hydrogen (secondary N) is 2. The van der Waals surface area contributed by atoms with Crippen LogP contribution in [0.3, 0.4) is 0 Å². The second-order valence-corrected chi connectivity index (χ2v) is 10.2. The van der Waals surface area contributed by atoms with E-state index in [1.54, 1.807) is 24.0 Å². The molecule has 8 nitrogen and oxygen atoms in total. The largest absolute Gasteiger partial charge is 0.508 e. The van der Waals surface area contributed by atoms with E-state index >= 15 is 0 Å². The number of carbonyl (C=O) groups excluding carboxylic acids is 2. The third-order valence-electron chi connectivity index (χ3n) is 5.40. The number of anilines is 4. The SMILES string of the molecule is CCN(C(=O)C(C)(C)C)c1ccc(C)c(Nc2ncc(C(=O)Nc3c(C)ccc(O)c3C)s2)n1. The number of aromatic nitrogens is 2. The molecule has 34 heavy (non-hydrogen) atoms. The maximum absolute atomic E-state index is 12.8. The van der Waals surface area contributed by atoms with Gasteiger partial charge in [-0.1, -0.05) is 44.2 Å². The molecule has 1 aromatic carbocycles. The highest BCUT2D eigenvalue weighted by Crippen LogP contribution is 2.30. The van der Waals surface area contributed by atoms with Gasteiger partial charge in [-0.3, -0.25) is 14.5 Å². The Labute approximate surface area is 204 Å². The summed E-state index contributed by atoms with van der Waals surface area (Å²) in [6.07, 6.45) is 1.50. The maximum Gasteiger partial charge on any atom is 0.267 e. The van der Waals surface area contributed by atoms with Gasteiger partial charge in [-0.05, 0) is 51.0 Å². The number of phenols is 1. The first kappa shape index (κ1) is 25.2. The number of benzene rings is 1. The van der Waals surface area contributed by atoms with Crippen molar-refractivity contribution in [1.82, 2.24) is 9.97 Å². The Bertz CT molecular complexity index is 1230. The second kappa shape index (κ2) is 9.80. The van der Waals surface area contributed by atoms with Gasteiger partial charge in [0, 0.05) is 17.5 Å². The topological polar surface area (TPSA) is 107 Å². The van der Waals surface area contributed by atoms with E-state index in [1.807, 2.05) is 53.7 Å². The smallest absolute Gasteiger partial charge is 0.267 e. The quantitative estimate of drug-likeness (QED) is 0.425. The predicted octanol–water partition coefficient (Wildman–Crippen LogP) is 5.56. The van der Waals surface area contributed by atoms with Gasteiger partial charge in [0.25, 0.3) is 5.91 Å². The summed E-state index contributed by atoms with van der Waals surface area (Å²) in [5.74, 6) is 0.926. The van der Waals surface area contributed by atoms with Crippen LogP contribution in [0.25, 0.3) is 0 Å². The molecule has 0 saturated carbocycles. The van der Waals surface area contributed by atoms with E-state index < -0.39 is 5.41 Å². The fraction of sp³-hybridized carbons (Fsp3) is 0.360. The van der Waals surface area contributed by atoms with Crippen LogP contribution in [-0.4, -0.2) is 33.4 Å². The molecular formula is C25H31N5O3S. The van der Waals surface area contributed by atoms with Gasteiger partial charge in [-0.15, -0.1) is 0 Å². The van der Waals surface area contributed by atoms with Crippen molar-refractivity contribution in [2.45, 2.75) is 48.5 Å². The van der Waals surface area contributed by atoms with Gasteiger partial charge in [0.05, 0.1) is 11.9 Å². The Morgan fingerprint density at radius 2 is 1.76 bits per heavy atom. The number of nitrogens with zero attached hydrogens (tertiary/aromatic N) is 3. The number of thiazole rings is 1. The highest BCUT2D eigenvalue weighted by Gasteiger charge is 2.28. The molecule has 0 aliphatic rings. The number of aryl methyl sites for hydroxylation is 2. The number of hydrogen-bond acceptors (Lipinski definition) is 7. The van der Waals surface area contributed by atoms with Crippen molar-refractivity contribution in [1.29, 1.82) is 0 Å². The second-order valence-electron chi connectivity index (χ2n) is 9.14. The molecule has 0 atom stereocenters. The van der Waals surface area contributed by atoms with Crippen LogP contribution in [0, 0.1) is 26.2 Å². The molecule has 9 heteroatoms. The molecule has 2 aromatic heterocycles. The third-order valence-corrected chi connectivity index (χ3v) is 6.31. The first-order valence-electron chi connectivity index (χ1n) is 11.0.